The van der Waals surface area contributed by atoms with Crippen LogP contribution in [0.5, 0.6) is 0 Å². The summed E-state index contributed by atoms with van der Waals surface area (Å²) in [6.45, 7) is 1.64. The van der Waals surface area contributed by atoms with Gasteiger partial charge in [-0.15, -0.1) is 0 Å². The lowest BCUT2D eigenvalue weighted by atomic mass is 10.0. The number of carbonyl (C=O) groups excluding carboxylic acids is 3. The first-order valence-corrected chi connectivity index (χ1v) is 9.10. The van der Waals surface area contributed by atoms with Crippen molar-refractivity contribution in [1.29, 1.82) is 0 Å². The van der Waals surface area contributed by atoms with Crippen LogP contribution in [0, 0.1) is 0 Å². The van der Waals surface area contributed by atoms with E-state index >= 15 is 0 Å². The summed E-state index contributed by atoms with van der Waals surface area (Å²) in [5.41, 5.74) is 1.40. The number of hydrogen-bond donors (Lipinski definition) is 3. The van der Waals surface area contributed by atoms with Gasteiger partial charge in [0.05, 0.1) is 12.5 Å². The molecule has 28 heavy (non-hydrogen) atoms. The van der Waals surface area contributed by atoms with Crippen LogP contribution in [-0.2, 0) is 16.1 Å². The molecule has 0 unspecified atom stereocenters. The van der Waals surface area contributed by atoms with E-state index in [9.17, 15) is 14.4 Å². The Bertz CT molecular complexity index is 856. The average molecular weight is 381 g/mol. The molecule has 1 aromatic heterocycles. The number of anilines is 1. The van der Waals surface area contributed by atoms with Crippen LogP contribution in [-0.4, -0.2) is 53.8 Å². The molecule has 1 fully saturated rings. The molecule has 2 heterocycles. The lowest BCUT2D eigenvalue weighted by Gasteiger charge is -2.34. The topological polar surface area (TPSA) is 103 Å². The molecule has 3 amide bonds. The number of pyridine rings is 1. The van der Waals surface area contributed by atoms with Gasteiger partial charge in [0.1, 0.15) is 5.82 Å². The van der Waals surface area contributed by atoms with E-state index in [0.29, 0.717) is 31.0 Å². The SMILES string of the molecule is CNC(=O)C[C@@H]1C(=O)NCCN1Cc1cccc(C(=O)Nc2ccccn2)c1. The molecule has 1 atom stereocenters. The van der Waals surface area contributed by atoms with E-state index in [1.165, 1.54) is 0 Å². The molecule has 1 aliphatic heterocycles. The molecular formula is C20H23N5O3. The second kappa shape index (κ2) is 9.09. The van der Waals surface area contributed by atoms with Gasteiger partial charge >= 0.3 is 0 Å². The number of carbonyl (C=O) groups is 3. The molecule has 8 nitrogen and oxygen atoms in total. The van der Waals surface area contributed by atoms with E-state index in [1.807, 2.05) is 11.0 Å². The Morgan fingerprint density at radius 2 is 2.11 bits per heavy atom. The van der Waals surface area contributed by atoms with Gasteiger partial charge in [0, 0.05) is 38.4 Å². The van der Waals surface area contributed by atoms with Crippen LogP contribution >= 0.6 is 0 Å². The third-order valence-electron chi connectivity index (χ3n) is 4.58. The molecule has 3 rings (SSSR count). The number of hydrogen-bond acceptors (Lipinski definition) is 5. The van der Waals surface area contributed by atoms with Crippen molar-refractivity contribution in [2.24, 2.45) is 0 Å². The van der Waals surface area contributed by atoms with Crippen LogP contribution in [0.1, 0.15) is 22.3 Å². The zero-order valence-corrected chi connectivity index (χ0v) is 15.6. The predicted molar refractivity (Wildman–Crippen MR) is 105 cm³/mol. The molecule has 0 radical (unpaired) electrons. The first-order chi connectivity index (χ1) is 13.6. The number of aromatic nitrogens is 1. The van der Waals surface area contributed by atoms with Gasteiger partial charge in [-0.25, -0.2) is 4.98 Å². The Kier molecular flexibility index (Phi) is 6.33. The van der Waals surface area contributed by atoms with Crippen LogP contribution in [0.2, 0.25) is 0 Å². The number of nitrogens with zero attached hydrogens (tertiary/aromatic N) is 2. The number of piperazine rings is 1. The maximum Gasteiger partial charge on any atom is 0.256 e. The van der Waals surface area contributed by atoms with E-state index in [-0.39, 0.29) is 24.1 Å². The minimum atomic E-state index is -0.528. The largest absolute Gasteiger partial charge is 0.359 e. The second-order valence-electron chi connectivity index (χ2n) is 6.52. The van der Waals surface area contributed by atoms with E-state index in [1.54, 1.807) is 49.6 Å². The zero-order chi connectivity index (χ0) is 19.9. The Balaban J connectivity index is 1.71. The molecule has 1 aliphatic rings. The van der Waals surface area contributed by atoms with E-state index < -0.39 is 6.04 Å². The maximum atomic E-state index is 12.5. The molecule has 0 aliphatic carbocycles. The molecule has 1 saturated heterocycles. The van der Waals surface area contributed by atoms with Gasteiger partial charge in [0.15, 0.2) is 0 Å². The minimum absolute atomic E-state index is 0.0994. The Morgan fingerprint density at radius 3 is 2.86 bits per heavy atom. The van der Waals surface area contributed by atoms with Crippen LogP contribution in [0.15, 0.2) is 48.7 Å². The summed E-state index contributed by atoms with van der Waals surface area (Å²) in [7, 11) is 1.55. The van der Waals surface area contributed by atoms with Crippen LogP contribution in [0.25, 0.3) is 0 Å². The average Bonchev–Trinajstić information content (AvgIpc) is 2.71. The molecule has 8 heteroatoms. The maximum absolute atomic E-state index is 12.5. The van der Waals surface area contributed by atoms with Crippen molar-refractivity contribution in [2.45, 2.75) is 19.0 Å². The molecule has 2 aromatic rings. The fourth-order valence-electron chi connectivity index (χ4n) is 3.12. The van der Waals surface area contributed by atoms with Gasteiger partial charge in [-0.05, 0) is 29.8 Å². The molecule has 3 N–H and O–H groups in total. The van der Waals surface area contributed by atoms with Crippen molar-refractivity contribution in [3.05, 3.63) is 59.8 Å². The summed E-state index contributed by atoms with van der Waals surface area (Å²) in [6.07, 6.45) is 1.71. The highest BCUT2D eigenvalue weighted by Gasteiger charge is 2.31. The third-order valence-corrected chi connectivity index (χ3v) is 4.58. The van der Waals surface area contributed by atoms with Gasteiger partial charge in [-0.1, -0.05) is 18.2 Å². The smallest absolute Gasteiger partial charge is 0.256 e. The second-order valence-corrected chi connectivity index (χ2v) is 6.52. The van der Waals surface area contributed by atoms with Gasteiger partial charge in [-0.2, -0.15) is 0 Å². The summed E-state index contributed by atoms with van der Waals surface area (Å²) in [4.78, 5) is 42.5. The number of rotatable bonds is 6. The standard InChI is InChI=1S/C20H23N5O3/c1-21-18(26)12-16-20(28)23-9-10-25(16)13-14-5-4-6-15(11-14)19(27)24-17-7-2-3-8-22-17/h2-8,11,16H,9-10,12-13H2,1H3,(H,21,26)(H,23,28)(H,22,24,27)/t16-/m1/s1. The van der Waals surface area contributed by atoms with Crippen molar-refractivity contribution in [3.63, 3.8) is 0 Å². The molecule has 0 spiro atoms. The van der Waals surface area contributed by atoms with E-state index in [0.717, 1.165) is 5.56 Å². The first-order valence-electron chi connectivity index (χ1n) is 9.10. The zero-order valence-electron chi connectivity index (χ0n) is 15.6. The molecule has 0 saturated carbocycles. The lowest BCUT2D eigenvalue weighted by Crippen LogP contribution is -2.56. The van der Waals surface area contributed by atoms with Gasteiger partial charge in [0.25, 0.3) is 5.91 Å². The Labute approximate surface area is 163 Å². The molecule has 0 bridgehead atoms. The normalized spacial score (nSPS) is 16.9. The van der Waals surface area contributed by atoms with E-state index in [4.69, 9.17) is 0 Å². The van der Waals surface area contributed by atoms with Crippen molar-refractivity contribution < 1.29 is 14.4 Å². The van der Waals surface area contributed by atoms with Crippen LogP contribution < -0.4 is 16.0 Å². The summed E-state index contributed by atoms with van der Waals surface area (Å²) >= 11 is 0. The van der Waals surface area contributed by atoms with Gasteiger partial charge < -0.3 is 16.0 Å². The fourth-order valence-corrected chi connectivity index (χ4v) is 3.12. The summed E-state index contributed by atoms with van der Waals surface area (Å²) in [5.74, 6) is -0.107. The fraction of sp³-hybridized carbons (Fsp3) is 0.300. The predicted octanol–water partition coefficient (Wildman–Crippen LogP) is 0.770. The summed E-state index contributed by atoms with van der Waals surface area (Å²) < 4.78 is 0. The highest BCUT2D eigenvalue weighted by molar-refractivity contribution is 6.03. The van der Waals surface area contributed by atoms with Crippen molar-refractivity contribution in [3.8, 4) is 0 Å². The highest BCUT2D eigenvalue weighted by atomic mass is 16.2. The first kappa shape index (κ1) is 19.5. The lowest BCUT2D eigenvalue weighted by molar-refractivity contribution is -0.134. The summed E-state index contributed by atoms with van der Waals surface area (Å²) in [6, 6.07) is 12.0. The van der Waals surface area contributed by atoms with Crippen LogP contribution in [0.3, 0.4) is 0 Å². The van der Waals surface area contributed by atoms with E-state index in [2.05, 4.69) is 20.9 Å². The molecular weight excluding hydrogens is 358 g/mol. The van der Waals surface area contributed by atoms with Gasteiger partial charge in [-0.3, -0.25) is 19.3 Å². The number of amides is 3. The number of benzene rings is 1. The van der Waals surface area contributed by atoms with Crippen molar-refractivity contribution in [2.75, 3.05) is 25.5 Å². The summed E-state index contributed by atoms with van der Waals surface area (Å²) in [5, 5.41) is 8.12. The monoisotopic (exact) mass is 381 g/mol. The number of nitrogens with one attached hydrogen (secondary N) is 3. The van der Waals surface area contributed by atoms with Gasteiger partial charge in [0.2, 0.25) is 11.8 Å². The van der Waals surface area contributed by atoms with Crippen molar-refractivity contribution >= 4 is 23.5 Å². The quantitative estimate of drug-likeness (QED) is 0.686. The Morgan fingerprint density at radius 1 is 1.25 bits per heavy atom. The molecule has 1 aromatic carbocycles. The van der Waals surface area contributed by atoms with Crippen LogP contribution in [0.4, 0.5) is 5.82 Å². The highest BCUT2D eigenvalue weighted by Crippen LogP contribution is 2.16. The minimum Gasteiger partial charge on any atom is -0.359 e. The Hall–Kier alpha value is -3.26. The van der Waals surface area contributed by atoms with Crippen molar-refractivity contribution in [1.82, 2.24) is 20.5 Å². The molecule has 146 valence electrons. The third kappa shape index (κ3) is 4.92.